The second-order valence-electron chi connectivity index (χ2n) is 5.79. The fourth-order valence-corrected chi connectivity index (χ4v) is 3.00. The molecule has 0 atom stereocenters. The van der Waals surface area contributed by atoms with E-state index in [-0.39, 0.29) is 5.91 Å². The number of carbonyl (C=O) groups is 1. The fraction of sp³-hybridized carbons (Fsp3) is 0. The van der Waals surface area contributed by atoms with E-state index in [9.17, 15) is 4.79 Å². The summed E-state index contributed by atoms with van der Waals surface area (Å²) in [6.07, 6.45) is 5.10. The maximum absolute atomic E-state index is 12.3. The number of imidazole rings is 1. The summed E-state index contributed by atoms with van der Waals surface area (Å²) in [5.74, 6) is 1.46. The van der Waals surface area contributed by atoms with Gasteiger partial charge in [-0.1, -0.05) is 6.07 Å². The van der Waals surface area contributed by atoms with Crippen molar-refractivity contribution in [2.75, 3.05) is 5.32 Å². The minimum atomic E-state index is -0.159. The van der Waals surface area contributed by atoms with Crippen LogP contribution in [0.1, 0.15) is 10.4 Å². The Bertz CT molecular complexity index is 1080. The highest BCUT2D eigenvalue weighted by Crippen LogP contribution is 2.22. The largest absolute Gasteiger partial charge is 0.438 e. The molecular weight excluding hydrogens is 469 g/mol. The molecule has 0 bridgehead atoms. The van der Waals surface area contributed by atoms with Crippen molar-refractivity contribution in [3.05, 3.63) is 88.5 Å². The Labute approximate surface area is 174 Å². The molecule has 2 heterocycles. The van der Waals surface area contributed by atoms with Crippen molar-refractivity contribution < 1.29 is 9.53 Å². The number of hydrogen-bond donors (Lipinski definition) is 1. The van der Waals surface area contributed by atoms with Gasteiger partial charge in [0.05, 0.1) is 0 Å². The number of ether oxygens (including phenoxy) is 1. The monoisotopic (exact) mass is 483 g/mol. The Morgan fingerprint density at radius 1 is 1.04 bits per heavy atom. The van der Waals surface area contributed by atoms with Crippen LogP contribution in [0.5, 0.6) is 11.6 Å². The first-order valence-electron chi connectivity index (χ1n) is 8.34. The van der Waals surface area contributed by atoms with Gasteiger partial charge in [-0.05, 0) is 71.1 Å². The van der Waals surface area contributed by atoms with Crippen LogP contribution < -0.4 is 10.1 Å². The van der Waals surface area contributed by atoms with E-state index in [0.717, 1.165) is 3.57 Å². The van der Waals surface area contributed by atoms with Crippen molar-refractivity contribution in [2.24, 2.45) is 0 Å². The third kappa shape index (κ3) is 4.34. The average Bonchev–Trinajstić information content (AvgIpc) is 3.25. The molecule has 4 aromatic rings. The molecule has 4 rings (SSSR count). The minimum Gasteiger partial charge on any atom is -0.438 e. The highest BCUT2D eigenvalue weighted by molar-refractivity contribution is 14.1. The van der Waals surface area contributed by atoms with Crippen molar-refractivity contribution in [1.82, 2.24) is 19.7 Å². The molecule has 0 aliphatic rings. The van der Waals surface area contributed by atoms with Crippen molar-refractivity contribution in [3.63, 3.8) is 0 Å². The lowest BCUT2D eigenvalue weighted by molar-refractivity contribution is 0.102. The predicted octanol–water partition coefficient (Wildman–Crippen LogP) is 4.31. The third-order valence-electron chi connectivity index (χ3n) is 3.82. The smallest absolute Gasteiger partial charge is 0.255 e. The zero-order chi connectivity index (χ0) is 19.3. The zero-order valence-electron chi connectivity index (χ0n) is 14.5. The number of hydrogen-bond acceptors (Lipinski definition) is 5. The van der Waals surface area contributed by atoms with Crippen molar-refractivity contribution >= 4 is 34.2 Å². The number of nitrogens with zero attached hydrogens (tertiary/aromatic N) is 4. The summed E-state index contributed by atoms with van der Waals surface area (Å²) in [5, 5.41) is 11.0. The fourth-order valence-electron chi connectivity index (χ4n) is 2.46. The summed E-state index contributed by atoms with van der Waals surface area (Å²) in [7, 11) is 0. The summed E-state index contributed by atoms with van der Waals surface area (Å²) >= 11 is 2.18. The molecule has 0 saturated heterocycles. The van der Waals surface area contributed by atoms with E-state index in [1.165, 1.54) is 0 Å². The first-order valence-corrected chi connectivity index (χ1v) is 9.42. The van der Waals surface area contributed by atoms with Gasteiger partial charge in [0.2, 0.25) is 5.88 Å². The summed E-state index contributed by atoms with van der Waals surface area (Å²) in [4.78, 5) is 16.3. The molecule has 0 radical (unpaired) electrons. The first kappa shape index (κ1) is 18.1. The van der Waals surface area contributed by atoms with Crippen molar-refractivity contribution in [2.45, 2.75) is 0 Å². The lowest BCUT2D eigenvalue weighted by Crippen LogP contribution is -2.11. The third-order valence-corrected chi connectivity index (χ3v) is 4.49. The predicted molar refractivity (Wildman–Crippen MR) is 113 cm³/mol. The first-order chi connectivity index (χ1) is 13.7. The van der Waals surface area contributed by atoms with Gasteiger partial charge in [-0.3, -0.25) is 9.36 Å². The quantitative estimate of drug-likeness (QED) is 0.428. The van der Waals surface area contributed by atoms with E-state index in [0.29, 0.717) is 28.7 Å². The molecule has 0 fully saturated rings. The standard InChI is InChI=1S/C20H14IN5O2/c21-15-3-1-2-14(12-15)20(27)23-16-4-6-17(7-5-16)28-19-9-8-18(24-25-19)26-11-10-22-13-26/h1-13H,(H,23,27). The van der Waals surface area contributed by atoms with Gasteiger partial charge in [-0.15, -0.1) is 10.2 Å². The van der Waals surface area contributed by atoms with Gasteiger partial charge in [0.25, 0.3) is 5.91 Å². The van der Waals surface area contributed by atoms with Gasteiger partial charge in [0.1, 0.15) is 12.1 Å². The van der Waals surface area contributed by atoms with Crippen LogP contribution in [0.25, 0.3) is 5.82 Å². The molecule has 0 saturated carbocycles. The van der Waals surface area contributed by atoms with E-state index in [2.05, 4.69) is 43.1 Å². The Morgan fingerprint density at radius 2 is 1.89 bits per heavy atom. The second kappa shape index (κ2) is 8.17. The molecule has 0 aliphatic carbocycles. The Kier molecular flexibility index (Phi) is 5.29. The highest BCUT2D eigenvalue weighted by atomic mass is 127. The summed E-state index contributed by atoms with van der Waals surface area (Å²) < 4.78 is 8.46. The number of carbonyl (C=O) groups excluding carboxylic acids is 1. The van der Waals surface area contributed by atoms with E-state index < -0.39 is 0 Å². The SMILES string of the molecule is O=C(Nc1ccc(Oc2ccc(-n3ccnc3)nn2)cc1)c1cccc(I)c1. The molecule has 28 heavy (non-hydrogen) atoms. The number of anilines is 1. The summed E-state index contributed by atoms with van der Waals surface area (Å²) in [6, 6.07) is 18.0. The maximum Gasteiger partial charge on any atom is 0.255 e. The average molecular weight is 483 g/mol. The minimum absolute atomic E-state index is 0.159. The van der Waals surface area contributed by atoms with Gasteiger partial charge in [-0.25, -0.2) is 4.98 Å². The number of halogens is 1. The van der Waals surface area contributed by atoms with Crippen molar-refractivity contribution in [3.8, 4) is 17.4 Å². The lowest BCUT2D eigenvalue weighted by Gasteiger charge is -2.08. The maximum atomic E-state index is 12.3. The molecule has 1 amide bonds. The van der Waals surface area contributed by atoms with Crippen LogP contribution in [0.15, 0.2) is 79.4 Å². The molecule has 2 aromatic carbocycles. The van der Waals surface area contributed by atoms with Crippen LogP contribution in [-0.2, 0) is 0 Å². The highest BCUT2D eigenvalue weighted by Gasteiger charge is 2.07. The van der Waals surface area contributed by atoms with E-state index in [1.807, 2.05) is 18.2 Å². The summed E-state index contributed by atoms with van der Waals surface area (Å²) in [6.45, 7) is 0. The molecular formula is C20H14IN5O2. The van der Waals surface area contributed by atoms with Crippen LogP contribution >= 0.6 is 22.6 Å². The number of rotatable bonds is 5. The molecule has 1 N–H and O–H groups in total. The molecule has 7 nitrogen and oxygen atoms in total. The molecule has 138 valence electrons. The van der Waals surface area contributed by atoms with E-state index in [4.69, 9.17) is 4.74 Å². The van der Waals surface area contributed by atoms with E-state index >= 15 is 0 Å². The van der Waals surface area contributed by atoms with E-state index in [1.54, 1.807) is 65.8 Å². The Morgan fingerprint density at radius 3 is 2.57 bits per heavy atom. The lowest BCUT2D eigenvalue weighted by atomic mass is 10.2. The number of nitrogens with one attached hydrogen (secondary N) is 1. The molecule has 0 aliphatic heterocycles. The van der Waals surface area contributed by atoms with Crippen molar-refractivity contribution in [1.29, 1.82) is 0 Å². The van der Waals surface area contributed by atoms with Gasteiger partial charge in [-0.2, -0.15) is 0 Å². The topological polar surface area (TPSA) is 81.9 Å². The number of amides is 1. The van der Waals surface area contributed by atoms with Gasteiger partial charge >= 0.3 is 0 Å². The molecule has 0 unspecified atom stereocenters. The van der Waals surface area contributed by atoms with Crippen LogP contribution in [0.3, 0.4) is 0 Å². The number of benzene rings is 2. The van der Waals surface area contributed by atoms with Crippen LogP contribution in [0.4, 0.5) is 5.69 Å². The van der Waals surface area contributed by atoms with Gasteiger partial charge < -0.3 is 10.1 Å². The molecule has 2 aromatic heterocycles. The zero-order valence-corrected chi connectivity index (χ0v) is 16.6. The number of aromatic nitrogens is 4. The molecule has 8 heteroatoms. The Balaban J connectivity index is 1.40. The van der Waals surface area contributed by atoms with Crippen LogP contribution in [0.2, 0.25) is 0 Å². The van der Waals surface area contributed by atoms with Crippen LogP contribution in [0, 0.1) is 3.57 Å². The normalized spacial score (nSPS) is 10.5. The second-order valence-corrected chi connectivity index (χ2v) is 7.04. The summed E-state index contributed by atoms with van der Waals surface area (Å²) in [5.41, 5.74) is 1.29. The van der Waals surface area contributed by atoms with Gasteiger partial charge in [0, 0.05) is 33.3 Å². The Hall–Kier alpha value is -3.27. The van der Waals surface area contributed by atoms with Crippen LogP contribution in [-0.4, -0.2) is 25.7 Å². The molecule has 0 spiro atoms. The van der Waals surface area contributed by atoms with Gasteiger partial charge in [0.15, 0.2) is 5.82 Å².